The summed E-state index contributed by atoms with van der Waals surface area (Å²) < 4.78 is 0. The molecule has 0 rings (SSSR count). The first kappa shape index (κ1) is 23.4. The number of hydrogen-bond donors (Lipinski definition) is 3. The molecule has 0 heterocycles. The molecule has 0 spiro atoms. The number of carbonyl (C=O) groups excluding carboxylic acids is 1. The van der Waals surface area contributed by atoms with Gasteiger partial charge in [-0.15, -0.1) is 0 Å². The van der Waals surface area contributed by atoms with E-state index in [-0.39, 0.29) is 18.7 Å². The zero-order valence-corrected chi connectivity index (χ0v) is 15.6. The second kappa shape index (κ2) is 15.9. The summed E-state index contributed by atoms with van der Waals surface area (Å²) in [4.78, 5) is 33.2. The summed E-state index contributed by atoms with van der Waals surface area (Å²) in [5, 5.41) is 20.0. The largest absolute Gasteiger partial charge is 0.481 e. The van der Waals surface area contributed by atoms with Gasteiger partial charge in [-0.3, -0.25) is 9.59 Å². The van der Waals surface area contributed by atoms with Crippen molar-refractivity contribution in [3.05, 3.63) is 0 Å². The number of nitrogens with one attached hydrogen (secondary N) is 1. The van der Waals surface area contributed by atoms with Crippen LogP contribution in [0.2, 0.25) is 0 Å². The summed E-state index contributed by atoms with van der Waals surface area (Å²) in [7, 11) is 0. The van der Waals surface area contributed by atoms with E-state index in [1.165, 1.54) is 51.4 Å². The highest BCUT2D eigenvalue weighted by molar-refractivity contribution is 5.83. The Morgan fingerprint density at radius 1 is 0.760 bits per heavy atom. The van der Waals surface area contributed by atoms with Gasteiger partial charge in [0.05, 0.1) is 0 Å². The lowest BCUT2D eigenvalue weighted by molar-refractivity contribution is -0.143. The van der Waals surface area contributed by atoms with Crippen LogP contribution in [0.5, 0.6) is 0 Å². The number of carbonyl (C=O) groups is 3. The third-order valence-corrected chi connectivity index (χ3v) is 4.29. The summed E-state index contributed by atoms with van der Waals surface area (Å²) in [6.07, 6.45) is 13.1. The van der Waals surface area contributed by atoms with Gasteiger partial charge in [-0.05, 0) is 12.8 Å². The molecule has 0 aliphatic carbocycles. The number of rotatable bonds is 17. The number of amides is 1. The van der Waals surface area contributed by atoms with Gasteiger partial charge in [0, 0.05) is 12.8 Å². The van der Waals surface area contributed by atoms with Crippen molar-refractivity contribution in [2.75, 3.05) is 0 Å². The Labute approximate surface area is 151 Å². The molecule has 0 radical (unpaired) electrons. The minimum atomic E-state index is -1.19. The second-order valence-electron chi connectivity index (χ2n) is 6.68. The molecule has 0 saturated carbocycles. The van der Waals surface area contributed by atoms with E-state index < -0.39 is 18.0 Å². The first-order valence-electron chi connectivity index (χ1n) is 9.71. The Bertz CT molecular complexity index is 384. The van der Waals surface area contributed by atoms with Gasteiger partial charge in [-0.2, -0.15) is 0 Å². The van der Waals surface area contributed by atoms with Crippen molar-refractivity contribution in [1.29, 1.82) is 0 Å². The molecule has 0 aliphatic rings. The molecule has 0 aromatic heterocycles. The maximum Gasteiger partial charge on any atom is 0.326 e. The lowest BCUT2D eigenvalue weighted by atomic mass is 10.0. The summed E-state index contributed by atoms with van der Waals surface area (Å²) in [5.74, 6) is -2.56. The van der Waals surface area contributed by atoms with Crippen molar-refractivity contribution in [2.24, 2.45) is 0 Å². The summed E-state index contributed by atoms with van der Waals surface area (Å²) in [5.41, 5.74) is 0. The molecule has 0 aromatic carbocycles. The number of carboxylic acid groups (broad SMARTS) is 2. The fourth-order valence-electron chi connectivity index (χ4n) is 2.74. The van der Waals surface area contributed by atoms with Crippen LogP contribution in [0.15, 0.2) is 0 Å². The van der Waals surface area contributed by atoms with Crippen LogP contribution in [0.25, 0.3) is 0 Å². The topological polar surface area (TPSA) is 104 Å². The Kier molecular flexibility index (Phi) is 14.9. The number of hydrogen-bond acceptors (Lipinski definition) is 3. The molecule has 6 heteroatoms. The van der Waals surface area contributed by atoms with Crippen LogP contribution >= 0.6 is 0 Å². The number of unbranched alkanes of at least 4 members (excludes halogenated alkanes) is 10. The highest BCUT2D eigenvalue weighted by Gasteiger charge is 2.20. The average Bonchev–Trinajstić information content (AvgIpc) is 2.56. The zero-order valence-electron chi connectivity index (χ0n) is 15.6. The van der Waals surface area contributed by atoms with Crippen LogP contribution in [-0.4, -0.2) is 34.1 Å². The fourth-order valence-corrected chi connectivity index (χ4v) is 2.74. The van der Waals surface area contributed by atoms with Crippen molar-refractivity contribution in [1.82, 2.24) is 5.32 Å². The second-order valence-corrected chi connectivity index (χ2v) is 6.68. The third kappa shape index (κ3) is 15.7. The predicted molar refractivity (Wildman–Crippen MR) is 97.5 cm³/mol. The van der Waals surface area contributed by atoms with Crippen LogP contribution < -0.4 is 5.32 Å². The lowest BCUT2D eigenvalue weighted by Gasteiger charge is -2.13. The van der Waals surface area contributed by atoms with Crippen molar-refractivity contribution in [2.45, 2.75) is 103 Å². The Hall–Kier alpha value is -1.59. The normalized spacial score (nSPS) is 11.9. The molecule has 0 saturated heterocycles. The molecule has 0 aromatic rings. The Morgan fingerprint density at radius 3 is 1.68 bits per heavy atom. The van der Waals surface area contributed by atoms with Gasteiger partial charge < -0.3 is 15.5 Å². The molecule has 1 amide bonds. The SMILES string of the molecule is CCCCCCCCCCCCCC(=O)N[C@@H](CCC(=O)O)C(=O)O. The highest BCUT2D eigenvalue weighted by Crippen LogP contribution is 2.12. The zero-order chi connectivity index (χ0) is 18.9. The Morgan fingerprint density at radius 2 is 1.24 bits per heavy atom. The summed E-state index contributed by atoms with van der Waals surface area (Å²) >= 11 is 0. The number of carboxylic acids is 2. The van der Waals surface area contributed by atoms with Crippen LogP contribution in [0.1, 0.15) is 96.8 Å². The average molecular weight is 357 g/mol. The lowest BCUT2D eigenvalue weighted by Crippen LogP contribution is -2.41. The van der Waals surface area contributed by atoms with Gasteiger partial charge in [0.15, 0.2) is 0 Å². The maximum absolute atomic E-state index is 11.7. The third-order valence-electron chi connectivity index (χ3n) is 4.29. The molecule has 0 fully saturated rings. The molecular formula is C19H35NO5. The smallest absolute Gasteiger partial charge is 0.326 e. The molecule has 0 bridgehead atoms. The molecule has 3 N–H and O–H groups in total. The van der Waals surface area contributed by atoms with Crippen molar-refractivity contribution in [3.8, 4) is 0 Å². The van der Waals surface area contributed by atoms with Crippen molar-refractivity contribution < 1.29 is 24.6 Å². The molecule has 25 heavy (non-hydrogen) atoms. The van der Waals surface area contributed by atoms with E-state index in [4.69, 9.17) is 10.2 Å². The molecule has 146 valence electrons. The summed E-state index contributed by atoms with van der Waals surface area (Å²) in [6.45, 7) is 2.22. The maximum atomic E-state index is 11.7. The molecule has 1 atom stereocenters. The van der Waals surface area contributed by atoms with Crippen LogP contribution in [0.4, 0.5) is 0 Å². The Balaban J connectivity index is 3.58. The van der Waals surface area contributed by atoms with E-state index >= 15 is 0 Å². The van der Waals surface area contributed by atoms with E-state index in [9.17, 15) is 14.4 Å². The van der Waals surface area contributed by atoms with Gasteiger partial charge in [0.25, 0.3) is 0 Å². The molecule has 0 unspecified atom stereocenters. The van der Waals surface area contributed by atoms with E-state index in [1.807, 2.05) is 0 Å². The molecule has 0 aliphatic heterocycles. The monoisotopic (exact) mass is 357 g/mol. The van der Waals surface area contributed by atoms with Crippen molar-refractivity contribution >= 4 is 17.8 Å². The molecular weight excluding hydrogens is 322 g/mol. The van der Waals surface area contributed by atoms with Gasteiger partial charge in [-0.25, -0.2) is 4.79 Å². The van der Waals surface area contributed by atoms with E-state index in [0.29, 0.717) is 6.42 Å². The van der Waals surface area contributed by atoms with Crippen molar-refractivity contribution in [3.63, 3.8) is 0 Å². The van der Waals surface area contributed by atoms with Gasteiger partial charge in [0.1, 0.15) is 6.04 Å². The minimum absolute atomic E-state index is 0.0886. The quantitative estimate of drug-likeness (QED) is 0.340. The standard InChI is InChI=1S/C19H35NO5/c1-2-3-4-5-6-7-8-9-10-11-12-13-17(21)20-16(19(24)25)14-15-18(22)23/h16H,2-15H2,1H3,(H,20,21)(H,22,23)(H,24,25)/t16-/m0/s1. The van der Waals surface area contributed by atoms with Crippen LogP contribution in [0.3, 0.4) is 0 Å². The minimum Gasteiger partial charge on any atom is -0.481 e. The molecule has 6 nitrogen and oxygen atoms in total. The van der Waals surface area contributed by atoms with Gasteiger partial charge in [-0.1, -0.05) is 71.1 Å². The van der Waals surface area contributed by atoms with Crippen LogP contribution in [0, 0.1) is 0 Å². The van der Waals surface area contributed by atoms with E-state index in [2.05, 4.69) is 12.2 Å². The van der Waals surface area contributed by atoms with Gasteiger partial charge in [0.2, 0.25) is 5.91 Å². The van der Waals surface area contributed by atoms with E-state index in [1.54, 1.807) is 0 Å². The van der Waals surface area contributed by atoms with E-state index in [0.717, 1.165) is 19.3 Å². The summed E-state index contributed by atoms with van der Waals surface area (Å²) in [6, 6.07) is -1.11. The number of aliphatic carboxylic acids is 2. The fraction of sp³-hybridized carbons (Fsp3) is 0.842. The van der Waals surface area contributed by atoms with Gasteiger partial charge >= 0.3 is 11.9 Å². The predicted octanol–water partition coefficient (Wildman–Crippen LogP) is 4.12. The first-order chi connectivity index (χ1) is 12.0. The highest BCUT2D eigenvalue weighted by atomic mass is 16.4. The van der Waals surface area contributed by atoms with Crippen LogP contribution in [-0.2, 0) is 14.4 Å². The first-order valence-corrected chi connectivity index (χ1v) is 9.71.